The fourth-order valence-electron chi connectivity index (χ4n) is 1.39. The third kappa shape index (κ3) is 2.66. The highest BCUT2D eigenvalue weighted by molar-refractivity contribution is 9.11. The highest BCUT2D eigenvalue weighted by atomic mass is 79.9. The maximum Gasteiger partial charge on any atom is 0.169 e. The molecule has 0 radical (unpaired) electrons. The van der Waals surface area contributed by atoms with E-state index in [1.165, 1.54) is 22.7 Å². The number of ketones is 2. The van der Waals surface area contributed by atoms with Gasteiger partial charge in [0.1, 0.15) is 0 Å². The second-order valence-corrected chi connectivity index (χ2v) is 7.50. The van der Waals surface area contributed by atoms with Gasteiger partial charge in [-0.15, -0.1) is 22.7 Å². The number of thiophene rings is 2. The molecule has 0 unspecified atom stereocenters. The van der Waals surface area contributed by atoms with Gasteiger partial charge in [0, 0.05) is 8.95 Å². The first-order valence-corrected chi connectivity index (χ1v) is 8.23. The summed E-state index contributed by atoms with van der Waals surface area (Å²) in [6, 6.07) is 3.64. The normalized spacial score (nSPS) is 10.7. The van der Waals surface area contributed by atoms with Crippen LogP contribution in [0.5, 0.6) is 0 Å². The van der Waals surface area contributed by atoms with Gasteiger partial charge in [-0.05, 0) is 57.8 Å². The largest absolute Gasteiger partial charge is 0.294 e. The lowest BCUT2D eigenvalue weighted by Crippen LogP contribution is -1.83. The van der Waals surface area contributed by atoms with E-state index < -0.39 is 0 Å². The minimum Gasteiger partial charge on any atom is -0.294 e. The van der Waals surface area contributed by atoms with Crippen molar-refractivity contribution in [2.75, 3.05) is 0 Å². The summed E-state index contributed by atoms with van der Waals surface area (Å²) in [4.78, 5) is 26.1. The van der Waals surface area contributed by atoms with Crippen LogP contribution < -0.4 is 0 Å². The molecule has 0 amide bonds. The molecule has 0 N–H and O–H groups in total. The lowest BCUT2D eigenvalue weighted by atomic mass is 10.3. The molecule has 6 heteroatoms. The highest BCUT2D eigenvalue weighted by Crippen LogP contribution is 2.44. The molecule has 0 aliphatic heterocycles. The monoisotopic (exact) mass is 406 g/mol. The maximum atomic E-state index is 11.4. The van der Waals surface area contributed by atoms with Gasteiger partial charge in [-0.2, -0.15) is 0 Å². The Hall–Kier alpha value is -0.300. The summed E-state index contributed by atoms with van der Waals surface area (Å²) in [6.07, 6.45) is 0. The van der Waals surface area contributed by atoms with Gasteiger partial charge in [-0.3, -0.25) is 9.59 Å². The zero-order chi connectivity index (χ0) is 13.4. The molecule has 2 nitrogen and oxygen atoms in total. The van der Waals surface area contributed by atoms with Crippen molar-refractivity contribution in [1.29, 1.82) is 0 Å². The third-order valence-corrected chi connectivity index (χ3v) is 6.69. The minimum absolute atomic E-state index is 0.0476. The van der Waals surface area contributed by atoms with Crippen LogP contribution in [0.25, 0.3) is 9.75 Å². The van der Waals surface area contributed by atoms with E-state index >= 15 is 0 Å². The van der Waals surface area contributed by atoms with E-state index in [0.717, 1.165) is 18.7 Å². The Balaban J connectivity index is 2.54. The number of rotatable bonds is 3. The number of carbonyl (C=O) groups is 2. The van der Waals surface area contributed by atoms with E-state index in [9.17, 15) is 9.59 Å². The molecule has 0 aliphatic rings. The van der Waals surface area contributed by atoms with Crippen LogP contribution in [0.1, 0.15) is 33.2 Å². The molecule has 0 saturated heterocycles. The molecule has 0 fully saturated rings. The Morgan fingerprint density at radius 2 is 1.22 bits per heavy atom. The van der Waals surface area contributed by atoms with Crippen LogP contribution in [0.15, 0.2) is 21.1 Å². The lowest BCUT2D eigenvalue weighted by Gasteiger charge is -1.94. The van der Waals surface area contributed by atoms with Crippen LogP contribution in [-0.2, 0) is 0 Å². The van der Waals surface area contributed by atoms with Gasteiger partial charge in [0.05, 0.1) is 19.5 Å². The molecular formula is C12H8Br2O2S2. The molecular weight excluding hydrogens is 400 g/mol. The van der Waals surface area contributed by atoms with Gasteiger partial charge in [0.25, 0.3) is 0 Å². The van der Waals surface area contributed by atoms with Crippen LogP contribution in [-0.4, -0.2) is 11.6 Å². The summed E-state index contributed by atoms with van der Waals surface area (Å²) in [6.45, 7) is 3.10. The topological polar surface area (TPSA) is 34.1 Å². The Labute approximate surface area is 129 Å². The standard InChI is InChI=1S/C12H8Br2O2S2/c1-5(15)9-3-7(13)11(17-9)12-8(14)4-10(18-12)6(2)16/h3-4H,1-2H3. The van der Waals surface area contributed by atoms with Gasteiger partial charge in [-0.1, -0.05) is 0 Å². The summed E-state index contributed by atoms with van der Waals surface area (Å²) >= 11 is 9.79. The fraction of sp³-hybridized carbons (Fsp3) is 0.167. The third-order valence-electron chi connectivity index (χ3n) is 2.27. The van der Waals surface area contributed by atoms with Crippen molar-refractivity contribution in [3.63, 3.8) is 0 Å². The molecule has 0 atom stereocenters. The van der Waals surface area contributed by atoms with Crippen LogP contribution in [0.2, 0.25) is 0 Å². The summed E-state index contributed by atoms with van der Waals surface area (Å²) in [5.74, 6) is 0.0952. The predicted molar refractivity (Wildman–Crippen MR) is 83.0 cm³/mol. The van der Waals surface area contributed by atoms with Gasteiger partial charge in [-0.25, -0.2) is 0 Å². The van der Waals surface area contributed by atoms with Gasteiger partial charge < -0.3 is 0 Å². The first-order chi connectivity index (χ1) is 8.40. The van der Waals surface area contributed by atoms with E-state index in [0.29, 0.717) is 9.75 Å². The van der Waals surface area contributed by atoms with Crippen LogP contribution in [0.3, 0.4) is 0 Å². The van der Waals surface area contributed by atoms with E-state index in [2.05, 4.69) is 31.9 Å². The zero-order valence-electron chi connectivity index (χ0n) is 9.54. The van der Waals surface area contributed by atoms with E-state index in [-0.39, 0.29) is 11.6 Å². The zero-order valence-corrected chi connectivity index (χ0v) is 14.3. The first kappa shape index (κ1) is 14.1. The Kier molecular flexibility index (Phi) is 4.21. The molecule has 0 aromatic carbocycles. The quantitative estimate of drug-likeness (QED) is 0.637. The van der Waals surface area contributed by atoms with Crippen LogP contribution in [0, 0.1) is 0 Å². The second kappa shape index (κ2) is 5.36. The molecule has 2 heterocycles. The van der Waals surface area contributed by atoms with Crippen molar-refractivity contribution in [3.8, 4) is 9.75 Å². The highest BCUT2D eigenvalue weighted by Gasteiger charge is 2.18. The Morgan fingerprint density at radius 3 is 1.44 bits per heavy atom. The molecule has 94 valence electrons. The van der Waals surface area contributed by atoms with Crippen molar-refractivity contribution in [3.05, 3.63) is 30.8 Å². The van der Waals surface area contributed by atoms with Gasteiger partial charge >= 0.3 is 0 Å². The molecule has 2 aromatic heterocycles. The van der Waals surface area contributed by atoms with Gasteiger partial charge in [0.15, 0.2) is 11.6 Å². The first-order valence-electron chi connectivity index (χ1n) is 5.01. The molecule has 2 rings (SSSR count). The summed E-state index contributed by atoms with van der Waals surface area (Å²) in [5.41, 5.74) is 0. The number of Topliss-reactive ketones (excluding diaryl/α,β-unsaturated/α-hetero) is 2. The van der Waals surface area contributed by atoms with Crippen molar-refractivity contribution in [1.82, 2.24) is 0 Å². The molecule has 2 aromatic rings. The van der Waals surface area contributed by atoms with Crippen molar-refractivity contribution in [2.45, 2.75) is 13.8 Å². The fourth-order valence-corrected chi connectivity index (χ4v) is 5.35. The predicted octanol–water partition coefficient (Wildman–Crippen LogP) is 5.41. The summed E-state index contributed by atoms with van der Waals surface area (Å²) in [5, 5.41) is 0. The van der Waals surface area contributed by atoms with Crippen molar-refractivity contribution >= 4 is 66.1 Å². The second-order valence-electron chi connectivity index (χ2n) is 3.69. The number of halogens is 2. The molecule has 0 bridgehead atoms. The van der Waals surface area contributed by atoms with E-state index in [1.807, 2.05) is 12.1 Å². The Bertz CT molecular complexity index is 584. The summed E-state index contributed by atoms with van der Waals surface area (Å²) < 4.78 is 1.77. The molecule has 0 aliphatic carbocycles. The SMILES string of the molecule is CC(=O)c1cc(Br)c(-c2sc(C(C)=O)cc2Br)s1. The maximum absolute atomic E-state index is 11.4. The van der Waals surface area contributed by atoms with Crippen molar-refractivity contribution in [2.24, 2.45) is 0 Å². The number of hydrogen-bond donors (Lipinski definition) is 0. The van der Waals surface area contributed by atoms with Crippen LogP contribution in [0.4, 0.5) is 0 Å². The van der Waals surface area contributed by atoms with E-state index in [4.69, 9.17) is 0 Å². The summed E-state index contributed by atoms with van der Waals surface area (Å²) in [7, 11) is 0. The lowest BCUT2D eigenvalue weighted by molar-refractivity contribution is 0.101. The molecule has 0 saturated carbocycles. The average Bonchev–Trinajstić information content (AvgIpc) is 2.82. The van der Waals surface area contributed by atoms with Crippen molar-refractivity contribution < 1.29 is 9.59 Å². The molecule has 18 heavy (non-hydrogen) atoms. The Morgan fingerprint density at radius 1 is 0.889 bits per heavy atom. The van der Waals surface area contributed by atoms with E-state index in [1.54, 1.807) is 13.8 Å². The van der Waals surface area contributed by atoms with Gasteiger partial charge in [0.2, 0.25) is 0 Å². The minimum atomic E-state index is 0.0476. The number of carbonyl (C=O) groups excluding carboxylic acids is 2. The van der Waals surface area contributed by atoms with Crippen LogP contribution >= 0.6 is 54.5 Å². The number of hydrogen-bond acceptors (Lipinski definition) is 4. The smallest absolute Gasteiger partial charge is 0.169 e. The molecule has 0 spiro atoms. The average molecular weight is 408 g/mol.